The van der Waals surface area contributed by atoms with E-state index in [1.165, 1.54) is 11.1 Å². The van der Waals surface area contributed by atoms with Gasteiger partial charge in [-0.05, 0) is 111 Å². The molecule has 0 bridgehead atoms. The number of likely N-dealkylation sites (tertiary alicyclic amines) is 1. The van der Waals surface area contributed by atoms with Gasteiger partial charge in [0.1, 0.15) is 6.04 Å². The lowest BCUT2D eigenvalue weighted by Crippen LogP contribution is -2.47. The molecule has 2 N–H and O–H groups in total. The van der Waals surface area contributed by atoms with E-state index in [4.69, 9.17) is 14.6 Å². The quantitative estimate of drug-likeness (QED) is 0.161. The number of ether oxygens (including phenoxy) is 2. The Morgan fingerprint density at radius 3 is 2.14 bits per heavy atom. The van der Waals surface area contributed by atoms with Crippen LogP contribution in [-0.2, 0) is 29.0 Å². The number of fused-ring (bicyclic) bond motifs is 1. The minimum absolute atomic E-state index is 0.152. The molecule has 51 heavy (non-hydrogen) atoms. The fourth-order valence-electron chi connectivity index (χ4n) is 7.64. The number of hydrogen-bond acceptors (Lipinski definition) is 6. The van der Waals surface area contributed by atoms with Crippen molar-refractivity contribution in [2.75, 3.05) is 27.3 Å². The van der Waals surface area contributed by atoms with Gasteiger partial charge in [-0.15, -0.1) is 0 Å². The molecule has 0 aromatic heterocycles. The van der Waals surface area contributed by atoms with Gasteiger partial charge in [-0.3, -0.25) is 14.5 Å². The van der Waals surface area contributed by atoms with Gasteiger partial charge in [0, 0.05) is 18.0 Å². The van der Waals surface area contributed by atoms with Crippen molar-refractivity contribution in [3.05, 3.63) is 94.5 Å². The average molecular weight is 695 g/mol. The molecule has 5 rings (SSSR count). The zero-order chi connectivity index (χ0) is 36.5. The zero-order valence-electron chi connectivity index (χ0n) is 31.7. The number of carbonyl (C=O) groups is 2. The number of rotatable bonds is 15. The summed E-state index contributed by atoms with van der Waals surface area (Å²) in [7, 11) is 3.29. The number of methoxy groups -OCH3 is 2. The van der Waals surface area contributed by atoms with Gasteiger partial charge in [-0.25, -0.2) is 5.43 Å². The molecule has 1 aliphatic heterocycles. The summed E-state index contributed by atoms with van der Waals surface area (Å²) in [4.78, 5) is 29.9. The Morgan fingerprint density at radius 2 is 1.51 bits per heavy atom. The van der Waals surface area contributed by atoms with Crippen molar-refractivity contribution in [2.24, 2.45) is 28.8 Å². The number of amides is 2. The third-order valence-electron chi connectivity index (χ3n) is 10.5. The molecule has 274 valence electrons. The average Bonchev–Trinajstić information content (AvgIpc) is 3.45. The SMILES string of the molecule is COc1cc2c(cc1OC)/C(=N\NC(=O)C(CC(C)C)NC(=O)C(C)c1ccc(CC(C)C)cc1)C(CC1CCN(Cc3ccccc3)CC1)C2. The third-order valence-corrected chi connectivity index (χ3v) is 10.5. The number of nitrogens with one attached hydrogen (secondary N) is 2. The topological polar surface area (TPSA) is 92.3 Å². The predicted octanol–water partition coefficient (Wildman–Crippen LogP) is 7.53. The molecular weight excluding hydrogens is 636 g/mol. The summed E-state index contributed by atoms with van der Waals surface area (Å²) in [5, 5.41) is 7.90. The molecule has 3 unspecified atom stereocenters. The van der Waals surface area contributed by atoms with Gasteiger partial charge in [-0.1, -0.05) is 82.3 Å². The Kier molecular flexibility index (Phi) is 13.3. The second-order valence-corrected chi connectivity index (χ2v) is 15.4. The van der Waals surface area contributed by atoms with E-state index in [0.29, 0.717) is 29.8 Å². The zero-order valence-corrected chi connectivity index (χ0v) is 31.7. The van der Waals surface area contributed by atoms with E-state index in [2.05, 4.69) is 85.8 Å². The Hall–Kier alpha value is -4.17. The van der Waals surface area contributed by atoms with Gasteiger partial charge in [0.15, 0.2) is 11.5 Å². The minimum Gasteiger partial charge on any atom is -0.493 e. The molecule has 1 aliphatic carbocycles. The van der Waals surface area contributed by atoms with E-state index < -0.39 is 6.04 Å². The van der Waals surface area contributed by atoms with Gasteiger partial charge in [0.05, 0.1) is 25.8 Å². The van der Waals surface area contributed by atoms with Crippen LogP contribution in [0, 0.1) is 23.7 Å². The fraction of sp³-hybridized carbons (Fsp3) is 0.512. The highest BCUT2D eigenvalue weighted by Gasteiger charge is 2.34. The van der Waals surface area contributed by atoms with E-state index in [1.54, 1.807) is 14.2 Å². The second-order valence-electron chi connectivity index (χ2n) is 15.4. The van der Waals surface area contributed by atoms with Crippen LogP contribution in [-0.4, -0.2) is 55.8 Å². The molecule has 8 heteroatoms. The number of benzene rings is 3. The van der Waals surface area contributed by atoms with Crippen molar-refractivity contribution in [1.82, 2.24) is 15.6 Å². The molecule has 1 saturated heterocycles. The maximum absolute atomic E-state index is 13.8. The van der Waals surface area contributed by atoms with Gasteiger partial charge in [0.2, 0.25) is 5.91 Å². The number of hydrogen-bond donors (Lipinski definition) is 2. The monoisotopic (exact) mass is 694 g/mol. The first-order valence-corrected chi connectivity index (χ1v) is 18.8. The van der Waals surface area contributed by atoms with Crippen LogP contribution < -0.4 is 20.2 Å². The third kappa shape index (κ3) is 10.2. The summed E-state index contributed by atoms with van der Waals surface area (Å²) in [6, 6.07) is 22.3. The minimum atomic E-state index is -0.705. The Morgan fingerprint density at radius 1 is 0.843 bits per heavy atom. The highest BCUT2D eigenvalue weighted by atomic mass is 16.5. The first kappa shape index (κ1) is 38.1. The molecule has 0 saturated carbocycles. The first-order chi connectivity index (χ1) is 24.5. The largest absolute Gasteiger partial charge is 0.493 e. The maximum Gasteiger partial charge on any atom is 0.262 e. The van der Waals surface area contributed by atoms with Crippen LogP contribution in [0.3, 0.4) is 0 Å². The van der Waals surface area contributed by atoms with E-state index in [1.807, 2.05) is 31.2 Å². The normalized spacial score (nSPS) is 18.5. The second kappa shape index (κ2) is 17.9. The molecule has 0 radical (unpaired) electrons. The lowest BCUT2D eigenvalue weighted by atomic mass is 9.85. The maximum atomic E-state index is 13.8. The Balaban J connectivity index is 1.29. The lowest BCUT2D eigenvalue weighted by molar-refractivity contribution is -0.129. The molecule has 2 aliphatic rings. The van der Waals surface area contributed by atoms with E-state index in [-0.39, 0.29) is 29.6 Å². The van der Waals surface area contributed by atoms with Gasteiger partial charge < -0.3 is 14.8 Å². The van der Waals surface area contributed by atoms with Crippen LogP contribution in [0.4, 0.5) is 0 Å². The first-order valence-electron chi connectivity index (χ1n) is 18.8. The van der Waals surface area contributed by atoms with Gasteiger partial charge in [-0.2, -0.15) is 5.10 Å². The fourth-order valence-corrected chi connectivity index (χ4v) is 7.64. The van der Waals surface area contributed by atoms with Crippen LogP contribution in [0.25, 0.3) is 0 Å². The summed E-state index contributed by atoms with van der Waals surface area (Å²) < 4.78 is 11.3. The smallest absolute Gasteiger partial charge is 0.262 e. The van der Waals surface area contributed by atoms with Gasteiger partial charge in [0.25, 0.3) is 5.91 Å². The summed E-state index contributed by atoms with van der Waals surface area (Å²) in [5.41, 5.74) is 9.45. The van der Waals surface area contributed by atoms with Gasteiger partial charge >= 0.3 is 0 Å². The Bertz CT molecular complexity index is 1630. The van der Waals surface area contributed by atoms with Crippen molar-refractivity contribution < 1.29 is 19.1 Å². The molecule has 0 spiro atoms. The standard InChI is InChI=1S/C43H58N4O4/c1-28(2)21-31-13-15-34(16-14-31)30(5)42(48)44-38(22-29(3)4)43(49)46-45-41-36(24-35-25-39(50-6)40(51-7)26-37(35)41)23-32-17-19-47(20-18-32)27-33-11-9-8-10-12-33/h8-16,25-26,28-30,32,36,38H,17-24,27H2,1-7H3,(H,44,48)(H,46,49)/b45-41-. The van der Waals surface area contributed by atoms with Crippen LogP contribution >= 0.6 is 0 Å². The molecule has 1 fully saturated rings. The van der Waals surface area contributed by atoms with Crippen molar-refractivity contribution in [3.8, 4) is 11.5 Å². The molecule has 3 aromatic carbocycles. The van der Waals surface area contributed by atoms with Crippen molar-refractivity contribution >= 4 is 17.5 Å². The van der Waals surface area contributed by atoms with Crippen molar-refractivity contribution in [3.63, 3.8) is 0 Å². The molecular formula is C43H58N4O4. The number of carbonyl (C=O) groups excluding carboxylic acids is 2. The summed E-state index contributed by atoms with van der Waals surface area (Å²) in [5.74, 6) is 1.96. The predicted molar refractivity (Wildman–Crippen MR) is 205 cm³/mol. The van der Waals surface area contributed by atoms with Crippen LogP contribution in [0.5, 0.6) is 11.5 Å². The Labute approximate surface area is 305 Å². The highest BCUT2D eigenvalue weighted by molar-refractivity contribution is 6.07. The van der Waals surface area contributed by atoms with E-state index >= 15 is 0 Å². The van der Waals surface area contributed by atoms with Crippen molar-refractivity contribution in [2.45, 2.75) is 91.6 Å². The summed E-state index contributed by atoms with van der Waals surface area (Å²) in [6.07, 6.45) is 5.59. The highest BCUT2D eigenvalue weighted by Crippen LogP contribution is 2.40. The molecule has 3 atom stereocenters. The molecule has 8 nitrogen and oxygen atoms in total. The van der Waals surface area contributed by atoms with Crippen LogP contribution in [0.1, 0.15) is 94.0 Å². The molecule has 2 amide bonds. The summed E-state index contributed by atoms with van der Waals surface area (Å²) in [6.45, 7) is 13.5. The van der Waals surface area contributed by atoms with E-state index in [0.717, 1.165) is 74.1 Å². The number of piperidine rings is 1. The van der Waals surface area contributed by atoms with Crippen LogP contribution in [0.2, 0.25) is 0 Å². The summed E-state index contributed by atoms with van der Waals surface area (Å²) >= 11 is 0. The number of nitrogens with zero attached hydrogens (tertiary/aromatic N) is 2. The van der Waals surface area contributed by atoms with E-state index in [9.17, 15) is 9.59 Å². The molecule has 3 aromatic rings. The molecule has 1 heterocycles. The number of hydrazone groups is 1. The lowest BCUT2D eigenvalue weighted by Gasteiger charge is -2.33. The van der Waals surface area contributed by atoms with Crippen LogP contribution in [0.15, 0.2) is 71.8 Å². The van der Waals surface area contributed by atoms with Crippen molar-refractivity contribution in [1.29, 1.82) is 0 Å².